The summed E-state index contributed by atoms with van der Waals surface area (Å²) in [4.78, 5) is 22.1. The number of thiazole rings is 1. The number of fused-ring (bicyclic) bond motifs is 1. The zero-order chi connectivity index (χ0) is 10.7. The van der Waals surface area contributed by atoms with Crippen molar-refractivity contribution in [1.82, 2.24) is 15.0 Å². The molecule has 2 heterocycles. The van der Waals surface area contributed by atoms with E-state index in [9.17, 15) is 4.79 Å². The van der Waals surface area contributed by atoms with Crippen molar-refractivity contribution in [1.29, 1.82) is 0 Å². The van der Waals surface area contributed by atoms with Gasteiger partial charge in [0.1, 0.15) is 4.70 Å². The topological polar surface area (TPSA) is 70.7 Å². The number of anilines is 1. The Morgan fingerprint density at radius 2 is 2.47 bits per heavy atom. The highest BCUT2D eigenvalue weighted by Gasteiger charge is 2.06. The van der Waals surface area contributed by atoms with Gasteiger partial charge in [-0.15, -0.1) is 0 Å². The van der Waals surface area contributed by atoms with E-state index in [0.717, 1.165) is 24.5 Å². The standard InChI is InChI=1S/C9H12N4OS/c1-2-3-4-10-9-13-7-6(15-9)8(14)12-5-11-7/h5H,2-4H2,1H3,(H2,10,11,12,13,14). The maximum Gasteiger partial charge on any atom is 0.270 e. The fraction of sp³-hybridized carbons (Fsp3) is 0.444. The van der Waals surface area contributed by atoms with Crippen LogP contribution < -0.4 is 10.9 Å². The maximum atomic E-state index is 11.4. The van der Waals surface area contributed by atoms with Gasteiger partial charge < -0.3 is 10.3 Å². The Hall–Kier alpha value is -1.43. The summed E-state index contributed by atoms with van der Waals surface area (Å²) in [6, 6.07) is 0. The normalized spacial score (nSPS) is 10.7. The second kappa shape index (κ2) is 4.39. The Bertz CT molecular complexity index is 504. The summed E-state index contributed by atoms with van der Waals surface area (Å²) < 4.78 is 0.580. The monoisotopic (exact) mass is 224 g/mol. The average molecular weight is 224 g/mol. The molecule has 0 radical (unpaired) electrons. The van der Waals surface area contributed by atoms with E-state index in [0.29, 0.717) is 10.3 Å². The highest BCUT2D eigenvalue weighted by atomic mass is 32.1. The third-order valence-electron chi connectivity index (χ3n) is 2.00. The number of rotatable bonds is 4. The molecule has 2 aromatic rings. The van der Waals surface area contributed by atoms with Crippen LogP contribution in [0, 0.1) is 0 Å². The van der Waals surface area contributed by atoms with E-state index in [2.05, 4.69) is 27.2 Å². The summed E-state index contributed by atoms with van der Waals surface area (Å²) in [5, 5.41) is 3.94. The van der Waals surface area contributed by atoms with Gasteiger partial charge in [0.05, 0.1) is 6.33 Å². The number of aromatic nitrogens is 3. The largest absolute Gasteiger partial charge is 0.361 e. The molecule has 0 aliphatic heterocycles. The van der Waals surface area contributed by atoms with Crippen LogP contribution in [0.25, 0.3) is 10.3 Å². The van der Waals surface area contributed by atoms with E-state index in [4.69, 9.17) is 0 Å². The SMILES string of the molecule is CCCCNc1nc2nc[nH]c(=O)c2s1. The molecule has 0 atom stereocenters. The lowest BCUT2D eigenvalue weighted by molar-refractivity contribution is 0.833. The Balaban J connectivity index is 2.24. The van der Waals surface area contributed by atoms with Crippen molar-refractivity contribution < 1.29 is 0 Å². The number of hydrogen-bond acceptors (Lipinski definition) is 5. The lowest BCUT2D eigenvalue weighted by atomic mass is 10.3. The van der Waals surface area contributed by atoms with Gasteiger partial charge in [-0.3, -0.25) is 4.79 Å². The first-order valence-corrected chi connectivity index (χ1v) is 5.71. The van der Waals surface area contributed by atoms with Crippen LogP contribution in [0.2, 0.25) is 0 Å². The summed E-state index contributed by atoms with van der Waals surface area (Å²) in [7, 11) is 0. The first kappa shape index (κ1) is 10.1. The van der Waals surface area contributed by atoms with Crippen LogP contribution in [0.1, 0.15) is 19.8 Å². The number of hydrogen-bond donors (Lipinski definition) is 2. The van der Waals surface area contributed by atoms with Crippen molar-refractivity contribution in [2.75, 3.05) is 11.9 Å². The molecule has 0 saturated carbocycles. The molecule has 80 valence electrons. The van der Waals surface area contributed by atoms with Crippen LogP contribution in [0.15, 0.2) is 11.1 Å². The number of unbranched alkanes of at least 4 members (excludes halogenated alkanes) is 1. The van der Waals surface area contributed by atoms with Crippen molar-refractivity contribution in [2.24, 2.45) is 0 Å². The number of nitrogens with one attached hydrogen (secondary N) is 2. The van der Waals surface area contributed by atoms with Crippen molar-refractivity contribution in [3.8, 4) is 0 Å². The van der Waals surface area contributed by atoms with Crippen LogP contribution in [0.3, 0.4) is 0 Å². The van der Waals surface area contributed by atoms with Crippen LogP contribution in [-0.2, 0) is 0 Å². The summed E-state index contributed by atoms with van der Waals surface area (Å²) >= 11 is 1.35. The molecule has 6 heteroatoms. The smallest absolute Gasteiger partial charge is 0.270 e. The zero-order valence-corrected chi connectivity index (χ0v) is 9.23. The van der Waals surface area contributed by atoms with E-state index in [1.165, 1.54) is 17.7 Å². The van der Waals surface area contributed by atoms with Crippen LogP contribution >= 0.6 is 11.3 Å². The van der Waals surface area contributed by atoms with Gasteiger partial charge in [-0.25, -0.2) is 4.98 Å². The molecule has 0 bridgehead atoms. The van der Waals surface area contributed by atoms with Gasteiger partial charge in [-0.2, -0.15) is 4.98 Å². The average Bonchev–Trinajstić information content (AvgIpc) is 2.63. The van der Waals surface area contributed by atoms with Gasteiger partial charge in [0.25, 0.3) is 5.56 Å². The Morgan fingerprint density at radius 3 is 3.20 bits per heavy atom. The molecule has 0 aliphatic carbocycles. The molecule has 5 nitrogen and oxygen atoms in total. The summed E-state index contributed by atoms with van der Waals surface area (Å²) in [6.07, 6.45) is 3.61. The van der Waals surface area contributed by atoms with Crippen LogP contribution in [0.4, 0.5) is 5.13 Å². The van der Waals surface area contributed by atoms with Gasteiger partial charge in [0, 0.05) is 6.54 Å². The van der Waals surface area contributed by atoms with Crippen molar-refractivity contribution in [2.45, 2.75) is 19.8 Å². The molecule has 15 heavy (non-hydrogen) atoms. The molecule has 0 aromatic carbocycles. The molecular formula is C9H12N4OS. The molecule has 2 rings (SSSR count). The predicted molar refractivity (Wildman–Crippen MR) is 61.4 cm³/mol. The number of H-pyrrole nitrogens is 1. The minimum atomic E-state index is -0.124. The fourth-order valence-electron chi connectivity index (χ4n) is 1.21. The Kier molecular flexibility index (Phi) is 2.96. The highest BCUT2D eigenvalue weighted by Crippen LogP contribution is 2.20. The van der Waals surface area contributed by atoms with Crippen molar-refractivity contribution >= 4 is 26.8 Å². The Labute approximate surface area is 90.6 Å². The van der Waals surface area contributed by atoms with Gasteiger partial charge in [0.2, 0.25) is 0 Å². The summed E-state index contributed by atoms with van der Waals surface area (Å²) in [5.74, 6) is 0. The molecule has 0 saturated heterocycles. The summed E-state index contributed by atoms with van der Waals surface area (Å²) in [6.45, 7) is 3.01. The Morgan fingerprint density at radius 1 is 1.60 bits per heavy atom. The first-order chi connectivity index (χ1) is 7.31. The quantitative estimate of drug-likeness (QED) is 0.774. The van der Waals surface area contributed by atoms with E-state index in [-0.39, 0.29) is 5.56 Å². The molecule has 0 fully saturated rings. The third-order valence-corrected chi connectivity index (χ3v) is 3.01. The van der Waals surface area contributed by atoms with E-state index >= 15 is 0 Å². The lowest BCUT2D eigenvalue weighted by Gasteiger charge is -1.97. The first-order valence-electron chi connectivity index (χ1n) is 4.89. The molecule has 0 amide bonds. The van der Waals surface area contributed by atoms with Crippen molar-refractivity contribution in [3.05, 3.63) is 16.7 Å². The number of aromatic amines is 1. The number of nitrogens with zero attached hydrogens (tertiary/aromatic N) is 2. The van der Waals surface area contributed by atoms with E-state index in [1.807, 2.05) is 0 Å². The molecule has 0 unspecified atom stereocenters. The second-order valence-electron chi connectivity index (χ2n) is 3.18. The highest BCUT2D eigenvalue weighted by molar-refractivity contribution is 7.22. The maximum absolute atomic E-state index is 11.4. The molecule has 2 N–H and O–H groups in total. The lowest BCUT2D eigenvalue weighted by Crippen LogP contribution is -2.03. The minimum absolute atomic E-state index is 0.124. The predicted octanol–water partition coefficient (Wildman–Crippen LogP) is 1.59. The van der Waals surface area contributed by atoms with Crippen LogP contribution in [0.5, 0.6) is 0 Å². The molecule has 0 aliphatic rings. The van der Waals surface area contributed by atoms with Gasteiger partial charge >= 0.3 is 0 Å². The molecule has 2 aromatic heterocycles. The van der Waals surface area contributed by atoms with E-state index < -0.39 is 0 Å². The van der Waals surface area contributed by atoms with E-state index in [1.54, 1.807) is 0 Å². The van der Waals surface area contributed by atoms with Gasteiger partial charge in [-0.1, -0.05) is 24.7 Å². The molecular weight excluding hydrogens is 212 g/mol. The zero-order valence-electron chi connectivity index (χ0n) is 8.41. The minimum Gasteiger partial charge on any atom is -0.361 e. The third kappa shape index (κ3) is 2.15. The fourth-order valence-corrected chi connectivity index (χ4v) is 2.05. The van der Waals surface area contributed by atoms with Crippen molar-refractivity contribution in [3.63, 3.8) is 0 Å². The molecule has 0 spiro atoms. The second-order valence-corrected chi connectivity index (χ2v) is 4.18. The summed E-state index contributed by atoms with van der Waals surface area (Å²) in [5.41, 5.74) is 0.392. The van der Waals surface area contributed by atoms with Crippen LogP contribution in [-0.4, -0.2) is 21.5 Å². The van der Waals surface area contributed by atoms with Gasteiger partial charge in [0.15, 0.2) is 10.8 Å². The van der Waals surface area contributed by atoms with Gasteiger partial charge in [-0.05, 0) is 6.42 Å².